The van der Waals surface area contributed by atoms with Gasteiger partial charge in [0, 0.05) is 11.3 Å². The first-order valence-corrected chi connectivity index (χ1v) is 21.8. The lowest BCUT2D eigenvalue weighted by Gasteiger charge is -2.38. The van der Waals surface area contributed by atoms with Gasteiger partial charge < -0.3 is 5.73 Å². The van der Waals surface area contributed by atoms with Crippen LogP contribution in [0.25, 0.3) is 65.8 Å². The molecule has 1 spiro atoms. The van der Waals surface area contributed by atoms with E-state index in [4.69, 9.17) is 5.73 Å². The largest absolute Gasteiger partial charge is 0.398 e. The van der Waals surface area contributed by atoms with Crippen LogP contribution in [0.3, 0.4) is 0 Å². The van der Waals surface area contributed by atoms with E-state index in [0.717, 1.165) is 41.7 Å². The molecule has 61 heavy (non-hydrogen) atoms. The van der Waals surface area contributed by atoms with Crippen LogP contribution in [-0.2, 0) is 11.8 Å². The fourth-order valence-electron chi connectivity index (χ4n) is 11.6. The van der Waals surface area contributed by atoms with Gasteiger partial charge in [0.1, 0.15) is 0 Å². The molecule has 3 aliphatic carbocycles. The van der Waals surface area contributed by atoms with Crippen molar-refractivity contribution in [3.8, 4) is 22.3 Å². The van der Waals surface area contributed by atoms with Gasteiger partial charge in [0.15, 0.2) is 0 Å². The Morgan fingerprint density at radius 1 is 0.525 bits per heavy atom. The molecule has 3 unspecified atom stereocenters. The molecular weight excluding hydrogens is 735 g/mol. The van der Waals surface area contributed by atoms with E-state index < -0.39 is 0 Å². The zero-order valence-corrected chi connectivity index (χ0v) is 34.1. The molecule has 0 amide bonds. The third-order valence-electron chi connectivity index (χ3n) is 14.2. The third kappa shape index (κ3) is 5.47. The first kappa shape index (κ1) is 35.7. The van der Waals surface area contributed by atoms with E-state index in [2.05, 4.69) is 212 Å². The van der Waals surface area contributed by atoms with Crippen molar-refractivity contribution in [2.75, 3.05) is 0 Å². The SMILES string of the molecule is N/C(=C\C(=C/Cc1ccccc1)c1ccccc1)c1cccc2c3ccccc3c3cc(-c4ccc5c(c4)-c4ccccc4C54c5ccccc5C5CC=CCC54)ccc3c12. The van der Waals surface area contributed by atoms with E-state index in [1.807, 2.05) is 0 Å². The molecule has 0 bridgehead atoms. The molecule has 0 radical (unpaired) electrons. The summed E-state index contributed by atoms with van der Waals surface area (Å²) in [5.74, 6) is 1.04. The Labute approximate surface area is 357 Å². The minimum absolute atomic E-state index is 0.143. The maximum absolute atomic E-state index is 7.25. The van der Waals surface area contributed by atoms with E-state index >= 15 is 0 Å². The van der Waals surface area contributed by atoms with Gasteiger partial charge in [-0.3, -0.25) is 0 Å². The third-order valence-corrected chi connectivity index (χ3v) is 14.2. The highest BCUT2D eigenvalue weighted by molar-refractivity contribution is 6.27. The first-order valence-electron chi connectivity index (χ1n) is 21.8. The summed E-state index contributed by atoms with van der Waals surface area (Å²) in [6.07, 6.45) is 12.4. The molecule has 9 aromatic carbocycles. The fraction of sp³-hybridized carbons (Fsp3) is 0.100. The van der Waals surface area contributed by atoms with Crippen molar-refractivity contribution in [1.82, 2.24) is 0 Å². The Kier molecular flexibility index (Phi) is 8.32. The summed E-state index contributed by atoms with van der Waals surface area (Å²) in [6, 6.07) is 69.7. The van der Waals surface area contributed by atoms with Crippen LogP contribution in [0.1, 0.15) is 57.7 Å². The summed E-state index contributed by atoms with van der Waals surface area (Å²) in [4.78, 5) is 0. The Morgan fingerprint density at radius 2 is 1.16 bits per heavy atom. The molecule has 0 heterocycles. The van der Waals surface area contributed by atoms with Gasteiger partial charge in [0.05, 0.1) is 5.41 Å². The fourth-order valence-corrected chi connectivity index (χ4v) is 11.6. The molecule has 9 aromatic rings. The lowest BCUT2D eigenvalue weighted by atomic mass is 9.64. The van der Waals surface area contributed by atoms with Gasteiger partial charge in [-0.2, -0.15) is 0 Å². The summed E-state index contributed by atoms with van der Waals surface area (Å²) in [6.45, 7) is 0. The highest BCUT2D eigenvalue weighted by Gasteiger charge is 2.57. The number of hydrogen-bond donors (Lipinski definition) is 1. The topological polar surface area (TPSA) is 26.0 Å². The van der Waals surface area contributed by atoms with Crippen LogP contribution >= 0.6 is 0 Å². The molecule has 2 N–H and O–H groups in total. The van der Waals surface area contributed by atoms with Crippen molar-refractivity contribution >= 4 is 43.6 Å². The number of fused-ring (bicyclic) bond motifs is 16. The Balaban J connectivity index is 1.02. The second-order valence-corrected chi connectivity index (χ2v) is 17.2. The number of benzene rings is 9. The van der Waals surface area contributed by atoms with Crippen molar-refractivity contribution in [3.63, 3.8) is 0 Å². The smallest absolute Gasteiger partial charge is 0.0503 e. The summed E-state index contributed by atoms with van der Waals surface area (Å²) >= 11 is 0. The maximum atomic E-state index is 7.25. The van der Waals surface area contributed by atoms with Gasteiger partial charge in [0.2, 0.25) is 0 Å². The predicted octanol–water partition coefficient (Wildman–Crippen LogP) is 14.8. The normalized spacial score (nSPS) is 19.0. The average Bonchev–Trinajstić information content (AvgIpc) is 3.80. The van der Waals surface area contributed by atoms with Gasteiger partial charge in [-0.15, -0.1) is 0 Å². The summed E-state index contributed by atoms with van der Waals surface area (Å²) in [5.41, 5.74) is 23.6. The van der Waals surface area contributed by atoms with Gasteiger partial charge >= 0.3 is 0 Å². The van der Waals surface area contributed by atoms with Crippen LogP contribution in [0, 0.1) is 5.92 Å². The van der Waals surface area contributed by atoms with Crippen molar-refractivity contribution in [3.05, 3.63) is 251 Å². The molecule has 0 saturated heterocycles. The van der Waals surface area contributed by atoms with Crippen LogP contribution in [0.2, 0.25) is 0 Å². The molecule has 0 fully saturated rings. The van der Waals surface area contributed by atoms with Gasteiger partial charge in [-0.05, 0) is 143 Å². The first-order chi connectivity index (χ1) is 30.2. The molecule has 0 aliphatic heterocycles. The lowest BCUT2D eigenvalue weighted by Crippen LogP contribution is -2.34. The Morgan fingerprint density at radius 3 is 2.02 bits per heavy atom. The van der Waals surface area contributed by atoms with Crippen molar-refractivity contribution < 1.29 is 0 Å². The zero-order valence-electron chi connectivity index (χ0n) is 34.1. The summed E-state index contributed by atoms with van der Waals surface area (Å²) in [5, 5.41) is 7.34. The van der Waals surface area contributed by atoms with Crippen LogP contribution in [0.4, 0.5) is 0 Å². The van der Waals surface area contributed by atoms with Gasteiger partial charge in [-0.25, -0.2) is 0 Å². The van der Waals surface area contributed by atoms with Crippen LogP contribution in [-0.4, -0.2) is 0 Å². The van der Waals surface area contributed by atoms with Crippen LogP contribution < -0.4 is 5.73 Å². The zero-order chi connectivity index (χ0) is 40.5. The Bertz CT molecular complexity index is 3290. The van der Waals surface area contributed by atoms with Gasteiger partial charge in [0.25, 0.3) is 0 Å². The number of hydrogen-bond acceptors (Lipinski definition) is 1. The quantitative estimate of drug-likeness (QED) is 0.102. The van der Waals surface area contributed by atoms with Crippen LogP contribution in [0.5, 0.6) is 0 Å². The van der Waals surface area contributed by atoms with E-state index in [-0.39, 0.29) is 5.41 Å². The lowest BCUT2D eigenvalue weighted by molar-refractivity contribution is 0.345. The van der Waals surface area contributed by atoms with E-state index in [1.165, 1.54) is 82.4 Å². The Hall–Kier alpha value is -7.22. The number of allylic oxidation sites excluding steroid dienone is 5. The monoisotopic (exact) mass is 779 g/mol. The average molecular weight is 780 g/mol. The summed E-state index contributed by atoms with van der Waals surface area (Å²) < 4.78 is 0. The minimum atomic E-state index is -0.143. The van der Waals surface area contributed by atoms with Crippen molar-refractivity contribution in [1.29, 1.82) is 0 Å². The molecule has 0 aromatic heterocycles. The molecule has 290 valence electrons. The highest BCUT2D eigenvalue weighted by Crippen LogP contribution is 2.66. The summed E-state index contributed by atoms with van der Waals surface area (Å²) in [7, 11) is 0. The molecule has 0 saturated carbocycles. The molecule has 3 atom stereocenters. The predicted molar refractivity (Wildman–Crippen MR) is 257 cm³/mol. The van der Waals surface area contributed by atoms with E-state index in [1.54, 1.807) is 0 Å². The van der Waals surface area contributed by atoms with E-state index in [9.17, 15) is 0 Å². The second kappa shape index (κ2) is 14.2. The standard InChI is InChI=1S/C60H45N/c61-58(38-43(40-18-5-2-6-19-40)31-30-39-16-3-1-4-17-39)51-26-15-25-49-44-20-7-8-21-45(44)52-36-41(32-34-50(52)59(49)51)42-33-35-57-53(37-42)48-24-11-14-29-56(48)60(57)54-27-12-9-22-46(54)47-23-10-13-28-55(47)60/h1-22,24-27,29,31-38,47,55H,23,28,30,61H2/b43-31+,58-38-. The van der Waals surface area contributed by atoms with E-state index in [0.29, 0.717) is 11.8 Å². The molecule has 1 nitrogen and oxygen atoms in total. The molecule has 3 aliphatic rings. The minimum Gasteiger partial charge on any atom is -0.398 e. The number of rotatable bonds is 6. The van der Waals surface area contributed by atoms with Crippen LogP contribution in [0.15, 0.2) is 212 Å². The van der Waals surface area contributed by atoms with Gasteiger partial charge in [-0.1, -0.05) is 194 Å². The second-order valence-electron chi connectivity index (χ2n) is 17.2. The number of nitrogens with two attached hydrogens (primary N) is 1. The molecular formula is C60H45N. The highest BCUT2D eigenvalue weighted by atomic mass is 14.6. The van der Waals surface area contributed by atoms with Crippen molar-refractivity contribution in [2.24, 2.45) is 11.7 Å². The van der Waals surface area contributed by atoms with Crippen molar-refractivity contribution in [2.45, 2.75) is 30.6 Å². The maximum Gasteiger partial charge on any atom is 0.0503 e. The molecule has 1 heteroatoms. The molecule has 12 rings (SSSR count).